The Morgan fingerprint density at radius 2 is 1.82 bits per heavy atom. The van der Waals surface area contributed by atoms with E-state index in [1.165, 1.54) is 12.1 Å². The molecule has 2 aromatic carbocycles. The van der Waals surface area contributed by atoms with Gasteiger partial charge in [-0.1, -0.05) is 18.2 Å². The van der Waals surface area contributed by atoms with Crippen molar-refractivity contribution >= 4 is 5.91 Å². The summed E-state index contributed by atoms with van der Waals surface area (Å²) in [6, 6.07) is 11.3. The summed E-state index contributed by atoms with van der Waals surface area (Å²) in [6.07, 6.45) is -4.47. The lowest BCUT2D eigenvalue weighted by molar-refractivity contribution is -0.137. The molecule has 0 heterocycles. The lowest BCUT2D eigenvalue weighted by Gasteiger charge is -2.09. The zero-order valence-corrected chi connectivity index (χ0v) is 11.8. The molecule has 2 rings (SSSR count). The van der Waals surface area contributed by atoms with Crippen LogP contribution in [0.5, 0.6) is 5.75 Å². The van der Waals surface area contributed by atoms with Crippen LogP contribution in [-0.4, -0.2) is 13.0 Å². The molecule has 1 N–H and O–H groups in total. The van der Waals surface area contributed by atoms with Gasteiger partial charge in [-0.2, -0.15) is 13.2 Å². The first-order valence-electron chi connectivity index (χ1n) is 6.48. The molecule has 1 amide bonds. The van der Waals surface area contributed by atoms with Gasteiger partial charge >= 0.3 is 6.18 Å². The first kappa shape index (κ1) is 15.9. The van der Waals surface area contributed by atoms with E-state index in [0.717, 1.165) is 17.7 Å². The Kier molecular flexibility index (Phi) is 4.70. The molecule has 0 unspecified atom stereocenters. The normalized spacial score (nSPS) is 11.1. The summed E-state index contributed by atoms with van der Waals surface area (Å²) in [4.78, 5) is 11.9. The van der Waals surface area contributed by atoms with Crippen molar-refractivity contribution in [3.63, 3.8) is 0 Å². The fourth-order valence-electron chi connectivity index (χ4n) is 1.86. The Labute approximate surface area is 125 Å². The molecule has 0 atom stereocenters. The van der Waals surface area contributed by atoms with Gasteiger partial charge in [-0.05, 0) is 35.9 Å². The third kappa shape index (κ3) is 4.00. The van der Waals surface area contributed by atoms with Gasteiger partial charge < -0.3 is 10.1 Å². The number of hydrogen-bond acceptors (Lipinski definition) is 2. The Hall–Kier alpha value is -2.50. The molecule has 0 aliphatic carbocycles. The average molecular weight is 309 g/mol. The van der Waals surface area contributed by atoms with Gasteiger partial charge in [0.1, 0.15) is 5.75 Å². The van der Waals surface area contributed by atoms with Gasteiger partial charge in [-0.3, -0.25) is 4.79 Å². The molecule has 0 spiro atoms. The SMILES string of the molecule is COc1ccc(CNC(=O)c2cccc(C(F)(F)F)c2)cc1. The second-order valence-corrected chi connectivity index (χ2v) is 4.61. The molecule has 0 saturated carbocycles. The van der Waals surface area contributed by atoms with Crippen LogP contribution in [0, 0.1) is 0 Å². The number of carbonyl (C=O) groups excluding carboxylic acids is 1. The molecule has 0 aromatic heterocycles. The molecular formula is C16H14F3NO2. The zero-order valence-electron chi connectivity index (χ0n) is 11.8. The maximum Gasteiger partial charge on any atom is 0.416 e. The number of halogens is 3. The second kappa shape index (κ2) is 6.51. The van der Waals surface area contributed by atoms with Gasteiger partial charge in [0.05, 0.1) is 12.7 Å². The van der Waals surface area contributed by atoms with E-state index >= 15 is 0 Å². The quantitative estimate of drug-likeness (QED) is 0.936. The maximum atomic E-state index is 12.6. The monoisotopic (exact) mass is 309 g/mol. The van der Waals surface area contributed by atoms with Gasteiger partial charge in [0.2, 0.25) is 0 Å². The standard InChI is InChI=1S/C16H14F3NO2/c1-22-14-7-5-11(6-8-14)10-20-15(21)12-3-2-4-13(9-12)16(17,18)19/h2-9H,10H2,1H3,(H,20,21). The zero-order chi connectivity index (χ0) is 16.2. The van der Waals surface area contributed by atoms with Gasteiger partial charge in [0.15, 0.2) is 0 Å². The number of amides is 1. The van der Waals surface area contributed by atoms with Gasteiger partial charge in [0.25, 0.3) is 5.91 Å². The molecule has 0 aliphatic heterocycles. The molecule has 2 aromatic rings. The molecule has 3 nitrogen and oxygen atoms in total. The summed E-state index contributed by atoms with van der Waals surface area (Å²) in [5.74, 6) is 0.134. The van der Waals surface area contributed by atoms with Gasteiger partial charge in [-0.15, -0.1) is 0 Å². The first-order valence-corrected chi connectivity index (χ1v) is 6.48. The molecule has 0 fully saturated rings. The van der Waals surface area contributed by atoms with Crippen molar-refractivity contribution in [1.82, 2.24) is 5.32 Å². The molecule has 0 aliphatic rings. The van der Waals surface area contributed by atoms with Crippen LogP contribution in [0.4, 0.5) is 13.2 Å². The van der Waals surface area contributed by atoms with Gasteiger partial charge in [-0.25, -0.2) is 0 Å². The Bertz CT molecular complexity index is 651. The summed E-state index contributed by atoms with van der Waals surface area (Å²) >= 11 is 0. The summed E-state index contributed by atoms with van der Waals surface area (Å²) < 4.78 is 42.8. The van der Waals surface area contributed by atoms with Crippen LogP contribution in [-0.2, 0) is 12.7 Å². The lowest BCUT2D eigenvalue weighted by Crippen LogP contribution is -2.23. The fourth-order valence-corrected chi connectivity index (χ4v) is 1.86. The van der Waals surface area contributed by atoms with Crippen LogP contribution in [0.1, 0.15) is 21.5 Å². The molecule has 0 bridgehead atoms. The third-order valence-corrected chi connectivity index (χ3v) is 3.06. The second-order valence-electron chi connectivity index (χ2n) is 4.61. The van der Waals surface area contributed by atoms with E-state index in [-0.39, 0.29) is 12.1 Å². The van der Waals surface area contributed by atoms with E-state index < -0.39 is 17.6 Å². The highest BCUT2D eigenvalue weighted by atomic mass is 19.4. The van der Waals surface area contributed by atoms with Crippen molar-refractivity contribution in [2.45, 2.75) is 12.7 Å². The Morgan fingerprint density at radius 3 is 2.41 bits per heavy atom. The highest BCUT2D eigenvalue weighted by Gasteiger charge is 2.30. The number of methoxy groups -OCH3 is 1. The number of benzene rings is 2. The molecular weight excluding hydrogens is 295 g/mol. The van der Waals surface area contributed by atoms with Crippen molar-refractivity contribution in [2.75, 3.05) is 7.11 Å². The minimum Gasteiger partial charge on any atom is -0.497 e. The highest BCUT2D eigenvalue weighted by molar-refractivity contribution is 5.94. The minimum absolute atomic E-state index is 0.0247. The summed E-state index contributed by atoms with van der Waals surface area (Å²) in [5.41, 5.74) is -0.0472. The van der Waals surface area contributed by atoms with E-state index in [1.807, 2.05) is 0 Å². The number of rotatable bonds is 4. The first-order chi connectivity index (χ1) is 10.4. The predicted molar refractivity (Wildman–Crippen MR) is 75.6 cm³/mol. The number of hydrogen-bond donors (Lipinski definition) is 1. The number of carbonyl (C=O) groups is 1. The summed E-state index contributed by atoms with van der Waals surface area (Å²) in [6.45, 7) is 0.221. The third-order valence-electron chi connectivity index (χ3n) is 3.06. The van der Waals surface area contributed by atoms with E-state index in [4.69, 9.17) is 4.74 Å². The van der Waals surface area contributed by atoms with Crippen LogP contribution >= 0.6 is 0 Å². The van der Waals surface area contributed by atoms with Crippen LogP contribution < -0.4 is 10.1 Å². The molecule has 0 radical (unpaired) electrons. The number of ether oxygens (including phenoxy) is 1. The average Bonchev–Trinajstić information content (AvgIpc) is 2.52. The van der Waals surface area contributed by atoms with Crippen molar-refractivity contribution in [3.05, 3.63) is 65.2 Å². The number of nitrogens with one attached hydrogen (secondary N) is 1. The minimum atomic E-state index is -4.47. The van der Waals surface area contributed by atoms with E-state index in [2.05, 4.69) is 5.32 Å². The van der Waals surface area contributed by atoms with E-state index in [1.54, 1.807) is 31.4 Å². The molecule has 0 saturated heterocycles. The topological polar surface area (TPSA) is 38.3 Å². The van der Waals surface area contributed by atoms with E-state index in [0.29, 0.717) is 5.75 Å². The van der Waals surface area contributed by atoms with E-state index in [9.17, 15) is 18.0 Å². The predicted octanol–water partition coefficient (Wildman–Crippen LogP) is 3.64. The van der Waals surface area contributed by atoms with Crippen molar-refractivity contribution in [3.8, 4) is 5.75 Å². The van der Waals surface area contributed by atoms with Crippen LogP contribution in [0.25, 0.3) is 0 Å². The van der Waals surface area contributed by atoms with Crippen molar-refractivity contribution in [1.29, 1.82) is 0 Å². The van der Waals surface area contributed by atoms with Crippen molar-refractivity contribution in [2.24, 2.45) is 0 Å². The summed E-state index contributed by atoms with van der Waals surface area (Å²) in [5, 5.41) is 2.58. The van der Waals surface area contributed by atoms with Crippen LogP contribution in [0.2, 0.25) is 0 Å². The lowest BCUT2D eigenvalue weighted by atomic mass is 10.1. The Balaban J connectivity index is 2.03. The van der Waals surface area contributed by atoms with Crippen LogP contribution in [0.15, 0.2) is 48.5 Å². The smallest absolute Gasteiger partial charge is 0.416 e. The largest absolute Gasteiger partial charge is 0.497 e. The molecule has 22 heavy (non-hydrogen) atoms. The Morgan fingerprint density at radius 1 is 1.14 bits per heavy atom. The van der Waals surface area contributed by atoms with Crippen molar-refractivity contribution < 1.29 is 22.7 Å². The fraction of sp³-hybridized carbons (Fsp3) is 0.188. The van der Waals surface area contributed by atoms with Gasteiger partial charge in [0, 0.05) is 12.1 Å². The number of alkyl halides is 3. The molecule has 116 valence electrons. The maximum absolute atomic E-state index is 12.6. The van der Waals surface area contributed by atoms with Crippen LogP contribution in [0.3, 0.4) is 0 Å². The summed E-state index contributed by atoms with van der Waals surface area (Å²) in [7, 11) is 1.55. The molecule has 6 heteroatoms. The highest BCUT2D eigenvalue weighted by Crippen LogP contribution is 2.29.